The predicted molar refractivity (Wildman–Crippen MR) is 154 cm³/mol. The highest BCUT2D eigenvalue weighted by Gasteiger charge is 2.28. The lowest BCUT2D eigenvalue weighted by atomic mass is 9.86. The minimum absolute atomic E-state index is 0.0139. The van der Waals surface area contributed by atoms with Gasteiger partial charge in [0.15, 0.2) is 5.78 Å². The van der Waals surface area contributed by atoms with Crippen molar-refractivity contribution < 1.29 is 9.90 Å². The summed E-state index contributed by atoms with van der Waals surface area (Å²) in [6, 6.07) is 15.7. The van der Waals surface area contributed by atoms with Crippen molar-refractivity contribution in [3.05, 3.63) is 87.8 Å². The Labute approximate surface area is 218 Å². The van der Waals surface area contributed by atoms with Crippen LogP contribution in [-0.4, -0.2) is 28.4 Å². The molecular weight excluding hydrogens is 450 g/mol. The van der Waals surface area contributed by atoms with E-state index in [0.29, 0.717) is 5.56 Å². The number of thioether (sulfide) groups is 1. The molecule has 1 saturated carbocycles. The molecule has 2 aromatic rings. The quantitative estimate of drug-likeness (QED) is 0.389. The number of aromatic hydroxyl groups is 1. The maximum Gasteiger partial charge on any atom is 0.159 e. The second-order valence-electron chi connectivity index (χ2n) is 10.1. The van der Waals surface area contributed by atoms with Gasteiger partial charge < -0.3 is 10.0 Å². The third-order valence-electron chi connectivity index (χ3n) is 5.76. The van der Waals surface area contributed by atoms with Gasteiger partial charge in [0, 0.05) is 18.2 Å². The number of carbonyl (C=O) groups is 1. The predicted octanol–water partition coefficient (Wildman–Crippen LogP) is 8.88. The monoisotopic (exact) mass is 495 g/mol. The lowest BCUT2D eigenvalue weighted by Gasteiger charge is -2.23. The van der Waals surface area contributed by atoms with Gasteiger partial charge in [-0.05, 0) is 87.6 Å². The van der Waals surface area contributed by atoms with Crippen molar-refractivity contribution in [2.75, 3.05) is 6.54 Å². The van der Waals surface area contributed by atoms with Crippen LogP contribution in [0.2, 0.25) is 0 Å². The third-order valence-corrected chi connectivity index (χ3v) is 6.79. The van der Waals surface area contributed by atoms with Crippen LogP contribution in [-0.2, 0) is 5.41 Å². The standard InChI is InChI=1S/C12H21NS.C11H16.C8H8O2/c1-5-10(3)9-14-11(4)13(6-2)12-7-8-12;1-9-6-5-7-10(8-9)11(2,3)4;1-6(9)7-2-4-8(10)5-3-7/h9,12H,4-8H2,1-3H3;5-8H,1-4H3;2-5,10H,1H3/b10-9+;;. The average Bonchev–Trinajstić information content (AvgIpc) is 3.64. The second-order valence-corrected chi connectivity index (χ2v) is 11.0. The van der Waals surface area contributed by atoms with E-state index < -0.39 is 0 Å². The zero-order valence-electron chi connectivity index (χ0n) is 23.0. The number of ketones is 1. The molecule has 0 saturated heterocycles. The summed E-state index contributed by atoms with van der Waals surface area (Å²) >= 11 is 1.78. The maximum absolute atomic E-state index is 10.7. The Kier molecular flexibility index (Phi) is 13.0. The van der Waals surface area contributed by atoms with E-state index in [1.165, 1.54) is 53.6 Å². The molecule has 0 unspecified atom stereocenters. The van der Waals surface area contributed by atoms with Crippen molar-refractivity contribution in [3.63, 3.8) is 0 Å². The summed E-state index contributed by atoms with van der Waals surface area (Å²) in [5.41, 5.74) is 5.10. The first-order chi connectivity index (χ1) is 16.4. The summed E-state index contributed by atoms with van der Waals surface area (Å²) in [4.78, 5) is 13.1. The average molecular weight is 496 g/mol. The molecule has 0 radical (unpaired) electrons. The fourth-order valence-corrected chi connectivity index (χ4v) is 4.07. The second kappa shape index (κ2) is 14.8. The molecule has 0 spiro atoms. The van der Waals surface area contributed by atoms with Crippen molar-refractivity contribution in [2.45, 2.75) is 86.1 Å². The van der Waals surface area contributed by atoms with Gasteiger partial charge in [0.25, 0.3) is 0 Å². The van der Waals surface area contributed by atoms with E-state index in [1.54, 1.807) is 23.9 Å². The number of carbonyl (C=O) groups excluding carboxylic acids is 1. The van der Waals surface area contributed by atoms with Crippen molar-refractivity contribution in [1.82, 2.24) is 4.90 Å². The summed E-state index contributed by atoms with van der Waals surface area (Å²) in [7, 11) is 0. The number of hydrogen-bond donors (Lipinski definition) is 1. The molecule has 0 atom stereocenters. The summed E-state index contributed by atoms with van der Waals surface area (Å²) < 4.78 is 0. The van der Waals surface area contributed by atoms with Crippen LogP contribution in [0.5, 0.6) is 5.75 Å². The summed E-state index contributed by atoms with van der Waals surface area (Å²) in [5, 5.41) is 12.3. The highest BCUT2D eigenvalue weighted by atomic mass is 32.2. The van der Waals surface area contributed by atoms with E-state index in [0.717, 1.165) is 19.0 Å². The first kappa shape index (κ1) is 30.6. The lowest BCUT2D eigenvalue weighted by molar-refractivity contribution is 0.101. The summed E-state index contributed by atoms with van der Waals surface area (Å²) in [5.74, 6) is 0.199. The molecule has 0 aliphatic heterocycles. The van der Waals surface area contributed by atoms with Crippen LogP contribution in [0.1, 0.15) is 89.2 Å². The number of allylic oxidation sites excluding steroid dienone is 1. The SMILES string of the molecule is C=C(S/C=C(\C)CC)N(CC)C1CC1.CC(=O)c1ccc(O)cc1.Cc1cccc(C(C)(C)C)c1. The van der Waals surface area contributed by atoms with E-state index in [4.69, 9.17) is 5.11 Å². The Morgan fingerprint density at radius 1 is 1.11 bits per heavy atom. The molecule has 192 valence electrons. The Bertz CT molecular complexity index is 966. The number of nitrogens with zero attached hydrogens (tertiary/aromatic N) is 1. The Morgan fingerprint density at radius 2 is 1.71 bits per heavy atom. The van der Waals surface area contributed by atoms with Crippen molar-refractivity contribution >= 4 is 17.5 Å². The van der Waals surface area contributed by atoms with Gasteiger partial charge in [-0.1, -0.05) is 81.4 Å². The zero-order valence-corrected chi connectivity index (χ0v) is 23.8. The molecule has 1 fully saturated rings. The minimum atomic E-state index is 0.0139. The van der Waals surface area contributed by atoms with E-state index in [9.17, 15) is 4.79 Å². The molecule has 4 heteroatoms. The molecule has 0 bridgehead atoms. The van der Waals surface area contributed by atoms with Gasteiger partial charge in [0.2, 0.25) is 0 Å². The maximum atomic E-state index is 10.7. The van der Waals surface area contributed by atoms with Gasteiger partial charge >= 0.3 is 0 Å². The van der Waals surface area contributed by atoms with Crippen molar-refractivity contribution in [2.24, 2.45) is 0 Å². The molecule has 35 heavy (non-hydrogen) atoms. The highest BCUT2D eigenvalue weighted by molar-refractivity contribution is 8.05. The van der Waals surface area contributed by atoms with E-state index in [2.05, 4.69) is 89.6 Å². The smallest absolute Gasteiger partial charge is 0.159 e. The van der Waals surface area contributed by atoms with Gasteiger partial charge in [-0.15, -0.1) is 0 Å². The Morgan fingerprint density at radius 3 is 2.11 bits per heavy atom. The van der Waals surface area contributed by atoms with Crippen LogP contribution in [0.15, 0.2) is 71.1 Å². The first-order valence-electron chi connectivity index (χ1n) is 12.5. The molecule has 3 rings (SSSR count). The molecular formula is C31H45NO2S. The molecule has 3 nitrogen and oxygen atoms in total. The molecule has 1 N–H and O–H groups in total. The number of Topliss-reactive ketones (excluding diaryl/α,β-unsaturated/α-hetero) is 1. The van der Waals surface area contributed by atoms with Crippen LogP contribution >= 0.6 is 11.8 Å². The first-order valence-corrected chi connectivity index (χ1v) is 13.4. The van der Waals surface area contributed by atoms with Crippen LogP contribution in [0.4, 0.5) is 0 Å². The highest BCUT2D eigenvalue weighted by Crippen LogP contribution is 2.33. The number of benzene rings is 2. The number of phenols is 1. The topological polar surface area (TPSA) is 40.5 Å². The van der Waals surface area contributed by atoms with Gasteiger partial charge in [0.05, 0.1) is 5.03 Å². The number of hydrogen-bond acceptors (Lipinski definition) is 4. The van der Waals surface area contributed by atoms with Crippen LogP contribution in [0.3, 0.4) is 0 Å². The lowest BCUT2D eigenvalue weighted by Crippen LogP contribution is -2.22. The van der Waals surface area contributed by atoms with E-state index in [1.807, 2.05) is 0 Å². The van der Waals surface area contributed by atoms with E-state index >= 15 is 0 Å². The number of aryl methyl sites for hydroxylation is 1. The van der Waals surface area contributed by atoms with Crippen molar-refractivity contribution in [1.29, 1.82) is 0 Å². The van der Waals surface area contributed by atoms with Gasteiger partial charge in [0.1, 0.15) is 5.75 Å². The Balaban J connectivity index is 0.000000267. The van der Waals surface area contributed by atoms with Crippen LogP contribution < -0.4 is 0 Å². The zero-order chi connectivity index (χ0) is 26.6. The molecule has 0 aromatic heterocycles. The molecule has 1 aliphatic carbocycles. The largest absolute Gasteiger partial charge is 0.508 e. The number of rotatable bonds is 7. The van der Waals surface area contributed by atoms with Crippen LogP contribution in [0.25, 0.3) is 0 Å². The molecule has 0 heterocycles. The van der Waals surface area contributed by atoms with Gasteiger partial charge in [-0.25, -0.2) is 0 Å². The van der Waals surface area contributed by atoms with Gasteiger partial charge in [-0.3, -0.25) is 4.79 Å². The van der Waals surface area contributed by atoms with E-state index in [-0.39, 0.29) is 16.9 Å². The summed E-state index contributed by atoms with van der Waals surface area (Å²) in [6.07, 6.45) is 3.84. The van der Waals surface area contributed by atoms with Crippen LogP contribution in [0, 0.1) is 6.92 Å². The molecule has 2 aromatic carbocycles. The fraction of sp³-hybridized carbons (Fsp3) is 0.452. The normalized spacial score (nSPS) is 13.1. The molecule has 1 aliphatic rings. The van der Waals surface area contributed by atoms with Gasteiger partial charge in [-0.2, -0.15) is 0 Å². The minimum Gasteiger partial charge on any atom is -0.508 e. The summed E-state index contributed by atoms with van der Waals surface area (Å²) in [6.45, 7) is 22.1. The Hall–Kier alpha value is -2.46. The fourth-order valence-electron chi connectivity index (χ4n) is 3.15. The molecule has 0 amide bonds. The number of phenolic OH excluding ortho intramolecular Hbond substituents is 1. The van der Waals surface area contributed by atoms with Crippen molar-refractivity contribution in [3.8, 4) is 5.75 Å². The third kappa shape index (κ3) is 12.2.